The van der Waals surface area contributed by atoms with Crippen LogP contribution in [0, 0.1) is 0 Å². The molecule has 0 unspecified atom stereocenters. The number of nitrogens with zero attached hydrogens (tertiary/aromatic N) is 1. The van der Waals surface area contributed by atoms with Gasteiger partial charge in [0.25, 0.3) is 0 Å². The van der Waals surface area contributed by atoms with Crippen molar-refractivity contribution in [2.24, 2.45) is 0 Å². The molecule has 118 valence electrons. The third kappa shape index (κ3) is 2.88. The first-order valence-electron chi connectivity index (χ1n) is 7.90. The van der Waals surface area contributed by atoms with Gasteiger partial charge in [-0.25, -0.2) is 0 Å². The van der Waals surface area contributed by atoms with Gasteiger partial charge in [-0.05, 0) is 24.1 Å². The summed E-state index contributed by atoms with van der Waals surface area (Å²) < 4.78 is 0. The zero-order valence-electron chi connectivity index (χ0n) is 13.0. The van der Waals surface area contributed by atoms with Crippen LogP contribution in [0.4, 0.5) is 0 Å². The molecular weight excluding hydrogens is 316 g/mol. The van der Waals surface area contributed by atoms with E-state index in [2.05, 4.69) is 22.3 Å². The Labute approximate surface area is 144 Å². The molecule has 0 fully saturated rings. The van der Waals surface area contributed by atoms with Crippen LogP contribution in [0.5, 0.6) is 0 Å². The van der Waals surface area contributed by atoms with E-state index in [4.69, 9.17) is 0 Å². The Bertz CT molecular complexity index is 985. The maximum absolute atomic E-state index is 12.4. The lowest BCUT2D eigenvalue weighted by molar-refractivity contribution is 0.0983. The Balaban J connectivity index is 1.53. The molecule has 2 heterocycles. The molecule has 0 saturated heterocycles. The number of H-pyrrole nitrogens is 1. The second-order valence-corrected chi connectivity index (χ2v) is 6.64. The number of carbonyl (C=O) groups is 1. The summed E-state index contributed by atoms with van der Waals surface area (Å²) in [6.07, 6.45) is 1.30. The highest BCUT2D eigenvalue weighted by Gasteiger charge is 2.13. The molecular formula is C20H16N2OS. The van der Waals surface area contributed by atoms with Crippen molar-refractivity contribution in [3.63, 3.8) is 0 Å². The standard InChI is InChI=1S/C20H16N2OS/c23-18(11-10-14-6-2-1-3-7-14)15-12-19(24-13-15)20-16-8-4-5-9-17(16)21-22-20/h1-9,12-13H,10-11H2,(H,21,22). The Morgan fingerprint density at radius 2 is 1.83 bits per heavy atom. The molecule has 4 rings (SSSR count). The molecule has 4 aromatic rings. The first kappa shape index (κ1) is 14.8. The molecule has 2 aromatic carbocycles. The van der Waals surface area contributed by atoms with Crippen molar-refractivity contribution in [1.29, 1.82) is 0 Å². The van der Waals surface area contributed by atoms with Crippen molar-refractivity contribution in [1.82, 2.24) is 10.2 Å². The van der Waals surface area contributed by atoms with E-state index in [1.807, 2.05) is 53.9 Å². The molecule has 0 aliphatic carbocycles. The average Bonchev–Trinajstić information content (AvgIpc) is 3.27. The van der Waals surface area contributed by atoms with Crippen LogP contribution in [0.2, 0.25) is 0 Å². The van der Waals surface area contributed by atoms with Gasteiger partial charge in [-0.2, -0.15) is 5.10 Å². The summed E-state index contributed by atoms with van der Waals surface area (Å²) in [6.45, 7) is 0. The number of Topliss-reactive ketones (excluding diaryl/α,β-unsaturated/α-hetero) is 1. The fraction of sp³-hybridized carbons (Fsp3) is 0.100. The minimum Gasteiger partial charge on any atom is -0.294 e. The minimum atomic E-state index is 0.182. The van der Waals surface area contributed by atoms with E-state index >= 15 is 0 Å². The predicted molar refractivity (Wildman–Crippen MR) is 98.5 cm³/mol. The van der Waals surface area contributed by atoms with Crippen LogP contribution in [0.3, 0.4) is 0 Å². The van der Waals surface area contributed by atoms with E-state index in [-0.39, 0.29) is 5.78 Å². The quantitative estimate of drug-likeness (QED) is 0.516. The van der Waals surface area contributed by atoms with Crippen LogP contribution < -0.4 is 0 Å². The number of aromatic amines is 1. The minimum absolute atomic E-state index is 0.182. The Kier molecular flexibility index (Phi) is 3.97. The van der Waals surface area contributed by atoms with E-state index in [1.165, 1.54) is 5.56 Å². The van der Waals surface area contributed by atoms with Crippen LogP contribution in [0.15, 0.2) is 66.0 Å². The maximum Gasteiger partial charge on any atom is 0.164 e. The molecule has 0 spiro atoms. The van der Waals surface area contributed by atoms with Gasteiger partial charge in [-0.1, -0.05) is 48.5 Å². The highest BCUT2D eigenvalue weighted by Crippen LogP contribution is 2.31. The predicted octanol–water partition coefficient (Wildman–Crippen LogP) is 5.11. The van der Waals surface area contributed by atoms with Crippen molar-refractivity contribution in [3.05, 3.63) is 77.2 Å². The van der Waals surface area contributed by atoms with Gasteiger partial charge < -0.3 is 0 Å². The summed E-state index contributed by atoms with van der Waals surface area (Å²) >= 11 is 1.57. The van der Waals surface area contributed by atoms with Crippen LogP contribution in [-0.2, 0) is 6.42 Å². The summed E-state index contributed by atoms with van der Waals surface area (Å²) in [5.41, 5.74) is 3.90. The molecule has 3 nitrogen and oxygen atoms in total. The summed E-state index contributed by atoms with van der Waals surface area (Å²) in [4.78, 5) is 13.5. The average molecular weight is 332 g/mol. The monoisotopic (exact) mass is 332 g/mol. The SMILES string of the molecule is O=C(CCc1ccccc1)c1csc(-c2n[nH]c3ccccc23)c1. The number of aryl methyl sites for hydroxylation is 1. The van der Waals surface area contributed by atoms with Crippen LogP contribution in [-0.4, -0.2) is 16.0 Å². The van der Waals surface area contributed by atoms with Crippen molar-refractivity contribution in [2.45, 2.75) is 12.8 Å². The number of carbonyl (C=O) groups excluding carboxylic acids is 1. The van der Waals surface area contributed by atoms with Gasteiger partial charge in [0.2, 0.25) is 0 Å². The van der Waals surface area contributed by atoms with Gasteiger partial charge in [0.1, 0.15) is 5.69 Å². The molecule has 1 N–H and O–H groups in total. The van der Waals surface area contributed by atoms with E-state index < -0.39 is 0 Å². The number of rotatable bonds is 5. The maximum atomic E-state index is 12.4. The Hall–Kier alpha value is -2.72. The normalized spacial score (nSPS) is 11.0. The second-order valence-electron chi connectivity index (χ2n) is 5.73. The number of nitrogens with one attached hydrogen (secondary N) is 1. The van der Waals surface area contributed by atoms with Crippen LogP contribution in [0.1, 0.15) is 22.3 Å². The summed E-state index contributed by atoms with van der Waals surface area (Å²) in [5, 5.41) is 10.5. The highest BCUT2D eigenvalue weighted by molar-refractivity contribution is 7.14. The first-order valence-corrected chi connectivity index (χ1v) is 8.78. The van der Waals surface area contributed by atoms with Crippen molar-refractivity contribution < 1.29 is 4.79 Å². The Morgan fingerprint density at radius 1 is 1.04 bits per heavy atom. The fourth-order valence-electron chi connectivity index (χ4n) is 2.80. The highest BCUT2D eigenvalue weighted by atomic mass is 32.1. The molecule has 0 bridgehead atoms. The van der Waals surface area contributed by atoms with Gasteiger partial charge >= 0.3 is 0 Å². The third-order valence-electron chi connectivity index (χ3n) is 4.11. The second kappa shape index (κ2) is 6.42. The molecule has 24 heavy (non-hydrogen) atoms. The number of thiophene rings is 1. The number of fused-ring (bicyclic) bond motifs is 1. The number of aromatic nitrogens is 2. The molecule has 0 aliphatic rings. The Morgan fingerprint density at radius 3 is 2.71 bits per heavy atom. The topological polar surface area (TPSA) is 45.8 Å². The van der Waals surface area contributed by atoms with E-state index in [0.717, 1.165) is 33.5 Å². The van der Waals surface area contributed by atoms with Crippen molar-refractivity contribution in [3.8, 4) is 10.6 Å². The van der Waals surface area contributed by atoms with Gasteiger partial charge in [0.05, 0.1) is 10.4 Å². The molecule has 4 heteroatoms. The summed E-state index contributed by atoms with van der Waals surface area (Å²) in [6, 6.07) is 20.1. The van der Waals surface area contributed by atoms with Gasteiger partial charge in [-0.15, -0.1) is 11.3 Å². The largest absolute Gasteiger partial charge is 0.294 e. The number of ketones is 1. The molecule has 2 aromatic heterocycles. The van der Waals surface area contributed by atoms with Crippen LogP contribution >= 0.6 is 11.3 Å². The summed E-state index contributed by atoms with van der Waals surface area (Å²) in [5.74, 6) is 0.182. The zero-order chi connectivity index (χ0) is 16.4. The molecule has 0 aliphatic heterocycles. The molecule has 0 atom stereocenters. The van der Waals surface area contributed by atoms with E-state index in [0.29, 0.717) is 6.42 Å². The molecule has 0 amide bonds. The smallest absolute Gasteiger partial charge is 0.164 e. The lowest BCUT2D eigenvalue weighted by Gasteiger charge is -1.99. The lowest BCUT2D eigenvalue weighted by Crippen LogP contribution is -1.99. The van der Waals surface area contributed by atoms with Gasteiger partial charge in [0, 0.05) is 22.8 Å². The number of para-hydroxylation sites is 1. The molecule has 0 saturated carbocycles. The van der Waals surface area contributed by atoms with Crippen LogP contribution in [0.25, 0.3) is 21.5 Å². The van der Waals surface area contributed by atoms with Crippen molar-refractivity contribution in [2.75, 3.05) is 0 Å². The zero-order valence-corrected chi connectivity index (χ0v) is 13.8. The van der Waals surface area contributed by atoms with Gasteiger partial charge in [-0.3, -0.25) is 9.89 Å². The number of hydrogen-bond acceptors (Lipinski definition) is 3. The lowest BCUT2D eigenvalue weighted by atomic mass is 10.0. The summed E-state index contributed by atoms with van der Waals surface area (Å²) in [7, 11) is 0. The molecule has 0 radical (unpaired) electrons. The number of hydrogen-bond donors (Lipinski definition) is 1. The van der Waals surface area contributed by atoms with Gasteiger partial charge in [0.15, 0.2) is 5.78 Å². The number of benzene rings is 2. The van der Waals surface area contributed by atoms with Crippen molar-refractivity contribution >= 4 is 28.0 Å². The van der Waals surface area contributed by atoms with E-state index in [1.54, 1.807) is 11.3 Å². The first-order chi connectivity index (χ1) is 11.8. The third-order valence-corrected chi connectivity index (χ3v) is 5.05. The van der Waals surface area contributed by atoms with E-state index in [9.17, 15) is 4.79 Å². The fourth-order valence-corrected chi connectivity index (χ4v) is 3.72.